The van der Waals surface area contributed by atoms with Crippen LogP contribution < -0.4 is 16.1 Å². The van der Waals surface area contributed by atoms with Crippen molar-refractivity contribution in [2.75, 3.05) is 19.7 Å². The van der Waals surface area contributed by atoms with Gasteiger partial charge < -0.3 is 10.2 Å². The Morgan fingerprint density at radius 1 is 1.03 bits per heavy atom. The summed E-state index contributed by atoms with van der Waals surface area (Å²) in [6.45, 7) is 10.7. The molecule has 1 atom stereocenters. The smallest absolute Gasteiger partial charge is 0.264 e. The summed E-state index contributed by atoms with van der Waals surface area (Å²) in [6, 6.07) is 21.1. The highest BCUT2D eigenvalue weighted by atomic mass is 35.5. The zero-order valence-electron chi connectivity index (χ0n) is 22.7. The molecule has 208 valence electrons. The van der Waals surface area contributed by atoms with Crippen LogP contribution in [0.4, 0.5) is 0 Å². The van der Waals surface area contributed by atoms with Crippen molar-refractivity contribution in [3.63, 3.8) is 0 Å². The van der Waals surface area contributed by atoms with E-state index in [1.54, 1.807) is 4.68 Å². The zero-order valence-corrected chi connectivity index (χ0v) is 25.3. The molecule has 1 aliphatic rings. The Labute approximate surface area is 234 Å². The van der Waals surface area contributed by atoms with Gasteiger partial charge in [0.1, 0.15) is 0 Å². The number of halogens is 1. The standard InChI is InChI=1S/C27H39N5O3SSi.ClH/c1-22(19-31-20-26(29-30-31)36(33,34)32-17-15-23(28)16-18-32)21-35-37(27(2,3)4,24-11-7-5-8-12-24)25-13-9-6-10-14-25;/h5-14,20,22-23H,15-19,21,28H2,1-4H3;1H. The second-order valence-corrected chi connectivity index (χ2v) is 17.3. The van der Waals surface area contributed by atoms with E-state index in [2.05, 4.69) is 86.5 Å². The molecule has 8 nitrogen and oxygen atoms in total. The molecule has 0 saturated carbocycles. The maximum Gasteiger partial charge on any atom is 0.264 e. The summed E-state index contributed by atoms with van der Waals surface area (Å²) < 4.78 is 36.1. The van der Waals surface area contributed by atoms with Gasteiger partial charge in [-0.3, -0.25) is 4.68 Å². The molecule has 4 rings (SSSR count). The van der Waals surface area contributed by atoms with E-state index < -0.39 is 18.3 Å². The van der Waals surface area contributed by atoms with E-state index in [9.17, 15) is 8.42 Å². The largest absolute Gasteiger partial charge is 0.407 e. The van der Waals surface area contributed by atoms with Crippen molar-refractivity contribution in [1.82, 2.24) is 19.3 Å². The summed E-state index contributed by atoms with van der Waals surface area (Å²) >= 11 is 0. The zero-order chi connectivity index (χ0) is 26.7. The summed E-state index contributed by atoms with van der Waals surface area (Å²) in [5.41, 5.74) is 5.94. The maximum absolute atomic E-state index is 13.0. The average Bonchev–Trinajstić information content (AvgIpc) is 3.34. The van der Waals surface area contributed by atoms with Gasteiger partial charge in [0, 0.05) is 32.3 Å². The fraction of sp³-hybridized carbons (Fsp3) is 0.481. The predicted octanol–water partition coefficient (Wildman–Crippen LogP) is 3.02. The van der Waals surface area contributed by atoms with Crippen LogP contribution >= 0.6 is 12.4 Å². The van der Waals surface area contributed by atoms with Crippen LogP contribution in [0.5, 0.6) is 0 Å². The number of benzene rings is 2. The van der Waals surface area contributed by atoms with Gasteiger partial charge in [-0.25, -0.2) is 8.42 Å². The Morgan fingerprint density at radius 2 is 1.55 bits per heavy atom. The molecule has 2 heterocycles. The average molecular weight is 578 g/mol. The Balaban J connectivity index is 0.00000400. The fourth-order valence-corrected chi connectivity index (χ4v) is 11.2. The molecule has 3 aromatic rings. The Bertz CT molecular complexity index is 1220. The lowest BCUT2D eigenvalue weighted by molar-refractivity contribution is 0.226. The molecule has 11 heteroatoms. The minimum atomic E-state index is -3.67. The van der Waals surface area contributed by atoms with E-state index in [1.807, 2.05) is 12.1 Å². The van der Waals surface area contributed by atoms with Gasteiger partial charge >= 0.3 is 0 Å². The van der Waals surface area contributed by atoms with Crippen LogP contribution in [0, 0.1) is 5.92 Å². The molecule has 0 spiro atoms. The third-order valence-electron chi connectivity index (χ3n) is 7.12. The molecule has 2 N–H and O–H groups in total. The van der Waals surface area contributed by atoms with Crippen molar-refractivity contribution in [3.8, 4) is 0 Å². The van der Waals surface area contributed by atoms with Crippen LogP contribution in [0.1, 0.15) is 40.5 Å². The van der Waals surface area contributed by atoms with E-state index in [0.717, 1.165) is 0 Å². The van der Waals surface area contributed by atoms with Gasteiger partial charge in [0.25, 0.3) is 18.3 Å². The van der Waals surface area contributed by atoms with Crippen LogP contribution in [0.15, 0.2) is 71.9 Å². The Kier molecular flexibility index (Phi) is 9.94. The van der Waals surface area contributed by atoms with Gasteiger partial charge in [-0.1, -0.05) is 93.6 Å². The highest BCUT2D eigenvalue weighted by Gasteiger charge is 2.50. The summed E-state index contributed by atoms with van der Waals surface area (Å²) in [7, 11) is -6.31. The number of piperidine rings is 1. The second-order valence-electron chi connectivity index (χ2n) is 11.1. The SMILES string of the molecule is CC(CO[Si](c1ccccc1)(c1ccccc1)C(C)(C)C)Cn1cc(S(=O)(=O)N2CCC(N)CC2)nn1.Cl. The number of rotatable bonds is 9. The van der Waals surface area contributed by atoms with Gasteiger partial charge in [-0.05, 0) is 34.2 Å². The molecule has 1 aromatic heterocycles. The highest BCUT2D eigenvalue weighted by molar-refractivity contribution is 7.89. The first kappa shape index (κ1) is 30.5. The van der Waals surface area contributed by atoms with Crippen LogP contribution in [0.3, 0.4) is 0 Å². The topological polar surface area (TPSA) is 103 Å². The fourth-order valence-electron chi connectivity index (χ4n) is 5.14. The van der Waals surface area contributed by atoms with Gasteiger partial charge in [-0.15, -0.1) is 17.5 Å². The molecule has 0 radical (unpaired) electrons. The molecule has 0 amide bonds. The molecule has 1 fully saturated rings. The first-order valence-corrected chi connectivity index (χ1v) is 16.3. The minimum Gasteiger partial charge on any atom is -0.407 e. The van der Waals surface area contributed by atoms with Crippen molar-refractivity contribution < 1.29 is 12.8 Å². The quantitative estimate of drug-likeness (QED) is 0.392. The molecule has 2 aromatic carbocycles. The summed E-state index contributed by atoms with van der Waals surface area (Å²) in [6.07, 6.45) is 2.84. The second kappa shape index (κ2) is 12.4. The first-order chi connectivity index (χ1) is 17.5. The van der Waals surface area contributed by atoms with Crippen molar-refractivity contribution in [3.05, 3.63) is 66.9 Å². The van der Waals surface area contributed by atoms with Crippen LogP contribution in [-0.2, 0) is 21.0 Å². The van der Waals surface area contributed by atoms with Gasteiger partial charge in [-0.2, -0.15) is 4.31 Å². The lowest BCUT2D eigenvalue weighted by Crippen LogP contribution is -2.66. The molecule has 0 aliphatic carbocycles. The highest BCUT2D eigenvalue weighted by Crippen LogP contribution is 2.37. The molecular weight excluding hydrogens is 538 g/mol. The third-order valence-corrected chi connectivity index (χ3v) is 13.9. The predicted molar refractivity (Wildman–Crippen MR) is 156 cm³/mol. The molecule has 0 bridgehead atoms. The molecular formula is C27H40ClN5O3SSi. The van der Waals surface area contributed by atoms with Gasteiger partial charge in [0.05, 0.1) is 6.20 Å². The third kappa shape index (κ3) is 6.38. The van der Waals surface area contributed by atoms with E-state index in [0.29, 0.717) is 39.1 Å². The van der Waals surface area contributed by atoms with Crippen LogP contribution in [0.25, 0.3) is 0 Å². The molecule has 38 heavy (non-hydrogen) atoms. The van der Waals surface area contributed by atoms with Crippen LogP contribution in [0.2, 0.25) is 5.04 Å². The minimum absolute atomic E-state index is 0. The number of hydrogen-bond acceptors (Lipinski definition) is 6. The molecule has 1 aliphatic heterocycles. The van der Waals surface area contributed by atoms with E-state index >= 15 is 0 Å². The van der Waals surface area contributed by atoms with E-state index in [4.69, 9.17) is 10.2 Å². The lowest BCUT2D eigenvalue weighted by atomic mass is 10.1. The normalized spacial score (nSPS) is 16.7. The summed E-state index contributed by atoms with van der Waals surface area (Å²) in [5.74, 6) is 0.0897. The Hall–Kier alpha value is -2.08. The van der Waals surface area contributed by atoms with Crippen LogP contribution in [-0.4, -0.2) is 61.8 Å². The van der Waals surface area contributed by atoms with Crippen molar-refractivity contribution in [2.45, 2.75) is 63.2 Å². The molecule has 1 unspecified atom stereocenters. The maximum atomic E-state index is 13.0. The van der Waals surface area contributed by atoms with Crippen molar-refractivity contribution >= 4 is 41.1 Å². The van der Waals surface area contributed by atoms with Gasteiger partial charge in [0.2, 0.25) is 5.03 Å². The summed E-state index contributed by atoms with van der Waals surface area (Å²) in [5, 5.41) is 10.5. The Morgan fingerprint density at radius 3 is 2.05 bits per heavy atom. The number of nitrogens with two attached hydrogens (primary N) is 1. The molecule has 1 saturated heterocycles. The summed E-state index contributed by atoms with van der Waals surface area (Å²) in [4.78, 5) is 0. The number of nitrogens with zero attached hydrogens (tertiary/aromatic N) is 4. The monoisotopic (exact) mass is 577 g/mol. The van der Waals surface area contributed by atoms with Crippen molar-refractivity contribution in [1.29, 1.82) is 0 Å². The van der Waals surface area contributed by atoms with E-state index in [1.165, 1.54) is 20.9 Å². The number of sulfonamides is 1. The van der Waals surface area contributed by atoms with Gasteiger partial charge in [0.15, 0.2) is 0 Å². The number of aromatic nitrogens is 3. The van der Waals surface area contributed by atoms with Crippen molar-refractivity contribution in [2.24, 2.45) is 11.7 Å². The lowest BCUT2D eigenvalue weighted by Gasteiger charge is -2.43. The number of hydrogen-bond donors (Lipinski definition) is 1. The van der Waals surface area contributed by atoms with E-state index in [-0.39, 0.29) is 34.4 Å². The first-order valence-electron chi connectivity index (χ1n) is 12.9.